The average Bonchev–Trinajstić information content (AvgIpc) is 2.76. The molecule has 3 aromatic carbocycles. The summed E-state index contributed by atoms with van der Waals surface area (Å²) in [4.78, 5) is 25.5. The minimum absolute atomic E-state index is 0.278. The molecule has 0 fully saturated rings. The minimum Gasteiger partial charge on any atom is -0.494 e. The second-order valence-corrected chi connectivity index (χ2v) is 7.00. The van der Waals surface area contributed by atoms with Crippen LogP contribution >= 0.6 is 0 Å². The fourth-order valence-corrected chi connectivity index (χ4v) is 2.92. The summed E-state index contributed by atoms with van der Waals surface area (Å²) in [6.45, 7) is 4.69. The lowest BCUT2D eigenvalue weighted by Crippen LogP contribution is -2.18. The standard InChI is InChI=1S/C25H26N2O3/c1-3-4-17-30-20-15-13-19(14-16-20)24(28)27-23-12-8-6-10-21(23)25(29)26-22-11-7-5-9-18(22)2/h5-16H,3-4,17H2,1-2H3,(H,26,29)(H,27,28). The van der Waals surface area contributed by atoms with Gasteiger partial charge in [-0.05, 0) is 61.4 Å². The maximum absolute atomic E-state index is 12.8. The summed E-state index contributed by atoms with van der Waals surface area (Å²) in [5.74, 6) is 0.170. The fraction of sp³-hybridized carbons (Fsp3) is 0.200. The predicted octanol–water partition coefficient (Wildman–Crippen LogP) is 5.68. The number of para-hydroxylation sites is 2. The van der Waals surface area contributed by atoms with E-state index in [9.17, 15) is 9.59 Å². The number of aryl methyl sites for hydroxylation is 1. The molecule has 3 rings (SSSR count). The Balaban J connectivity index is 1.70. The molecular formula is C25H26N2O3. The van der Waals surface area contributed by atoms with Gasteiger partial charge in [0.05, 0.1) is 17.9 Å². The summed E-state index contributed by atoms with van der Waals surface area (Å²) in [5.41, 5.74) is 3.05. The fourth-order valence-electron chi connectivity index (χ4n) is 2.92. The Hall–Kier alpha value is -3.60. The van der Waals surface area contributed by atoms with E-state index < -0.39 is 0 Å². The summed E-state index contributed by atoms with van der Waals surface area (Å²) in [6.07, 6.45) is 2.06. The monoisotopic (exact) mass is 402 g/mol. The van der Waals surface area contributed by atoms with Gasteiger partial charge >= 0.3 is 0 Å². The van der Waals surface area contributed by atoms with Gasteiger partial charge in [-0.1, -0.05) is 43.7 Å². The van der Waals surface area contributed by atoms with Crippen molar-refractivity contribution < 1.29 is 14.3 Å². The van der Waals surface area contributed by atoms with Gasteiger partial charge in [0.2, 0.25) is 0 Å². The normalized spacial score (nSPS) is 10.3. The topological polar surface area (TPSA) is 67.4 Å². The highest BCUT2D eigenvalue weighted by atomic mass is 16.5. The van der Waals surface area contributed by atoms with Gasteiger partial charge in [0.25, 0.3) is 11.8 Å². The quantitative estimate of drug-likeness (QED) is 0.477. The Kier molecular flexibility index (Phi) is 7.22. The molecule has 0 heterocycles. The lowest BCUT2D eigenvalue weighted by atomic mass is 10.1. The average molecular weight is 402 g/mol. The third-order valence-corrected chi connectivity index (χ3v) is 4.70. The highest BCUT2D eigenvalue weighted by molar-refractivity contribution is 6.12. The van der Waals surface area contributed by atoms with E-state index in [1.807, 2.05) is 31.2 Å². The summed E-state index contributed by atoms with van der Waals surface area (Å²) in [7, 11) is 0. The van der Waals surface area contributed by atoms with E-state index in [4.69, 9.17) is 4.74 Å². The van der Waals surface area contributed by atoms with Crippen LogP contribution in [0.15, 0.2) is 72.8 Å². The largest absolute Gasteiger partial charge is 0.494 e. The van der Waals surface area contributed by atoms with Gasteiger partial charge in [0, 0.05) is 11.3 Å². The lowest BCUT2D eigenvalue weighted by molar-refractivity contribution is 0.102. The molecule has 154 valence electrons. The highest BCUT2D eigenvalue weighted by Gasteiger charge is 2.15. The molecule has 0 spiro atoms. The highest BCUT2D eigenvalue weighted by Crippen LogP contribution is 2.21. The van der Waals surface area contributed by atoms with Gasteiger partial charge in [-0.2, -0.15) is 0 Å². The molecule has 0 aliphatic carbocycles. The van der Waals surface area contributed by atoms with Crippen molar-refractivity contribution in [3.05, 3.63) is 89.5 Å². The van der Waals surface area contributed by atoms with Crippen LogP contribution in [0.4, 0.5) is 11.4 Å². The summed E-state index contributed by atoms with van der Waals surface area (Å²) in [5, 5.41) is 5.74. The number of hydrogen-bond donors (Lipinski definition) is 2. The van der Waals surface area contributed by atoms with E-state index in [-0.39, 0.29) is 11.8 Å². The molecule has 0 unspecified atom stereocenters. The van der Waals surface area contributed by atoms with Crippen molar-refractivity contribution in [1.29, 1.82) is 0 Å². The molecule has 2 N–H and O–H groups in total. The van der Waals surface area contributed by atoms with Gasteiger partial charge in [-0.15, -0.1) is 0 Å². The number of nitrogens with one attached hydrogen (secondary N) is 2. The van der Waals surface area contributed by atoms with Crippen LogP contribution in [-0.2, 0) is 0 Å². The van der Waals surface area contributed by atoms with Crippen LogP contribution in [0.3, 0.4) is 0 Å². The Morgan fingerprint density at radius 3 is 2.13 bits per heavy atom. The maximum Gasteiger partial charge on any atom is 0.257 e. The van der Waals surface area contributed by atoms with Crippen molar-refractivity contribution in [3.8, 4) is 5.75 Å². The van der Waals surface area contributed by atoms with E-state index in [0.717, 1.165) is 29.8 Å². The number of benzene rings is 3. The molecule has 0 saturated carbocycles. The van der Waals surface area contributed by atoms with E-state index in [1.165, 1.54) is 0 Å². The Labute approximate surface area is 177 Å². The number of hydrogen-bond acceptors (Lipinski definition) is 3. The molecule has 5 heteroatoms. The van der Waals surface area contributed by atoms with E-state index in [0.29, 0.717) is 23.4 Å². The SMILES string of the molecule is CCCCOc1ccc(C(=O)Nc2ccccc2C(=O)Nc2ccccc2C)cc1. The number of unbranched alkanes of at least 4 members (excludes halogenated alkanes) is 1. The van der Waals surface area contributed by atoms with E-state index in [2.05, 4.69) is 17.6 Å². The Morgan fingerprint density at radius 2 is 1.43 bits per heavy atom. The second-order valence-electron chi connectivity index (χ2n) is 7.00. The first-order chi connectivity index (χ1) is 14.6. The summed E-state index contributed by atoms with van der Waals surface area (Å²) < 4.78 is 5.63. The van der Waals surface area contributed by atoms with Crippen LogP contribution in [0.25, 0.3) is 0 Å². The number of anilines is 2. The van der Waals surface area contributed by atoms with Crippen molar-refractivity contribution in [3.63, 3.8) is 0 Å². The third-order valence-electron chi connectivity index (χ3n) is 4.70. The minimum atomic E-state index is -0.286. The summed E-state index contributed by atoms with van der Waals surface area (Å²) in [6, 6.07) is 21.5. The zero-order valence-electron chi connectivity index (χ0n) is 17.3. The van der Waals surface area contributed by atoms with Crippen LogP contribution in [0.2, 0.25) is 0 Å². The molecule has 2 amide bonds. The molecule has 0 atom stereocenters. The van der Waals surface area contributed by atoms with Crippen LogP contribution < -0.4 is 15.4 Å². The molecule has 0 bridgehead atoms. The van der Waals surface area contributed by atoms with Crippen molar-refractivity contribution in [2.24, 2.45) is 0 Å². The number of ether oxygens (including phenoxy) is 1. The van der Waals surface area contributed by atoms with Crippen LogP contribution in [0.5, 0.6) is 5.75 Å². The molecular weight excluding hydrogens is 376 g/mol. The first-order valence-electron chi connectivity index (χ1n) is 10.1. The zero-order valence-corrected chi connectivity index (χ0v) is 17.3. The predicted molar refractivity (Wildman–Crippen MR) is 120 cm³/mol. The molecule has 30 heavy (non-hydrogen) atoms. The van der Waals surface area contributed by atoms with Gasteiger partial charge in [-0.25, -0.2) is 0 Å². The number of carbonyl (C=O) groups excluding carboxylic acids is 2. The molecule has 5 nitrogen and oxygen atoms in total. The van der Waals surface area contributed by atoms with Crippen molar-refractivity contribution >= 4 is 23.2 Å². The Morgan fingerprint density at radius 1 is 0.800 bits per heavy atom. The molecule has 3 aromatic rings. The van der Waals surface area contributed by atoms with Crippen LogP contribution in [0.1, 0.15) is 46.0 Å². The van der Waals surface area contributed by atoms with Gasteiger partial charge in [0.1, 0.15) is 5.75 Å². The Bertz CT molecular complexity index is 1010. The first kappa shape index (κ1) is 21.1. The smallest absolute Gasteiger partial charge is 0.257 e. The van der Waals surface area contributed by atoms with Crippen LogP contribution in [0, 0.1) is 6.92 Å². The number of carbonyl (C=O) groups is 2. The number of amides is 2. The van der Waals surface area contributed by atoms with E-state index in [1.54, 1.807) is 48.5 Å². The molecule has 0 aromatic heterocycles. The maximum atomic E-state index is 12.8. The van der Waals surface area contributed by atoms with Gasteiger partial charge < -0.3 is 15.4 Å². The first-order valence-corrected chi connectivity index (χ1v) is 10.1. The second kappa shape index (κ2) is 10.3. The van der Waals surface area contributed by atoms with Gasteiger partial charge in [0.15, 0.2) is 0 Å². The van der Waals surface area contributed by atoms with Crippen LogP contribution in [-0.4, -0.2) is 18.4 Å². The van der Waals surface area contributed by atoms with Crippen molar-refractivity contribution in [1.82, 2.24) is 0 Å². The molecule has 0 saturated heterocycles. The van der Waals surface area contributed by atoms with Gasteiger partial charge in [-0.3, -0.25) is 9.59 Å². The van der Waals surface area contributed by atoms with Crippen molar-refractivity contribution in [2.75, 3.05) is 17.2 Å². The summed E-state index contributed by atoms with van der Waals surface area (Å²) >= 11 is 0. The van der Waals surface area contributed by atoms with E-state index >= 15 is 0 Å². The molecule has 0 aliphatic heterocycles. The third kappa shape index (κ3) is 5.47. The number of rotatable bonds is 8. The van der Waals surface area contributed by atoms with Crippen molar-refractivity contribution in [2.45, 2.75) is 26.7 Å². The lowest BCUT2D eigenvalue weighted by Gasteiger charge is -2.13. The zero-order chi connectivity index (χ0) is 21.3. The molecule has 0 aliphatic rings. The molecule has 0 radical (unpaired) electrons.